The van der Waals surface area contributed by atoms with Gasteiger partial charge in [0.1, 0.15) is 0 Å². The van der Waals surface area contributed by atoms with E-state index in [0.717, 1.165) is 75.2 Å². The standard InChI is InChI=1S/C25H37N5O2/c1-26-25(29-22-13-14-30(17-22)24(32)20-10-4-5-11-20)27-16-18-7-6-12-21(15-18)28-23(31)19-8-2-3-9-19/h6-7,12,15,19-20,22H,2-5,8-11,13-14,16-17H2,1H3,(H,28,31)(H2,26,27,29). The molecule has 0 aromatic heterocycles. The lowest BCUT2D eigenvalue weighted by Crippen LogP contribution is -2.45. The summed E-state index contributed by atoms with van der Waals surface area (Å²) in [6, 6.07) is 8.20. The number of amides is 2. The zero-order valence-electron chi connectivity index (χ0n) is 19.2. The van der Waals surface area contributed by atoms with Crippen molar-refractivity contribution in [3.8, 4) is 0 Å². The fourth-order valence-electron chi connectivity index (χ4n) is 5.27. The van der Waals surface area contributed by atoms with Crippen molar-refractivity contribution >= 4 is 23.5 Å². The average molecular weight is 440 g/mol. The van der Waals surface area contributed by atoms with Gasteiger partial charge in [0.15, 0.2) is 5.96 Å². The minimum atomic E-state index is 0.142. The Morgan fingerprint density at radius 3 is 2.47 bits per heavy atom. The largest absolute Gasteiger partial charge is 0.352 e. The van der Waals surface area contributed by atoms with Gasteiger partial charge in [-0.25, -0.2) is 0 Å². The van der Waals surface area contributed by atoms with Gasteiger partial charge in [0, 0.05) is 50.2 Å². The molecule has 174 valence electrons. The second-order valence-corrected chi connectivity index (χ2v) is 9.49. The zero-order chi connectivity index (χ0) is 22.3. The SMILES string of the molecule is CN=C(NCc1cccc(NC(=O)C2CCCC2)c1)NC1CCN(C(=O)C2CCCC2)C1. The van der Waals surface area contributed by atoms with Crippen molar-refractivity contribution in [2.24, 2.45) is 16.8 Å². The lowest BCUT2D eigenvalue weighted by molar-refractivity contribution is -0.134. The van der Waals surface area contributed by atoms with Crippen molar-refractivity contribution in [3.05, 3.63) is 29.8 Å². The van der Waals surface area contributed by atoms with Crippen molar-refractivity contribution in [2.75, 3.05) is 25.5 Å². The molecule has 4 rings (SSSR count). The van der Waals surface area contributed by atoms with E-state index in [1.807, 2.05) is 29.2 Å². The molecule has 3 aliphatic rings. The molecule has 2 amide bonds. The van der Waals surface area contributed by atoms with Crippen LogP contribution in [0.4, 0.5) is 5.69 Å². The van der Waals surface area contributed by atoms with Gasteiger partial charge in [0.05, 0.1) is 0 Å². The second-order valence-electron chi connectivity index (χ2n) is 9.49. The molecule has 1 unspecified atom stereocenters. The molecule has 1 aromatic rings. The molecular formula is C25H37N5O2. The van der Waals surface area contributed by atoms with E-state index < -0.39 is 0 Å². The van der Waals surface area contributed by atoms with Crippen LogP contribution in [0.3, 0.4) is 0 Å². The minimum Gasteiger partial charge on any atom is -0.352 e. The van der Waals surface area contributed by atoms with Gasteiger partial charge < -0.3 is 20.9 Å². The van der Waals surface area contributed by atoms with Gasteiger partial charge in [-0.3, -0.25) is 14.6 Å². The highest BCUT2D eigenvalue weighted by molar-refractivity contribution is 5.92. The number of hydrogen-bond donors (Lipinski definition) is 3. The second kappa shape index (κ2) is 10.8. The Morgan fingerprint density at radius 2 is 1.75 bits per heavy atom. The highest BCUT2D eigenvalue weighted by Crippen LogP contribution is 2.28. The van der Waals surface area contributed by atoms with Crippen LogP contribution in [-0.2, 0) is 16.1 Å². The third-order valence-corrected chi connectivity index (χ3v) is 7.15. The molecule has 1 saturated heterocycles. The van der Waals surface area contributed by atoms with Crippen molar-refractivity contribution in [1.82, 2.24) is 15.5 Å². The van der Waals surface area contributed by atoms with E-state index in [4.69, 9.17) is 0 Å². The summed E-state index contributed by atoms with van der Waals surface area (Å²) in [6.07, 6.45) is 9.74. The van der Waals surface area contributed by atoms with Crippen molar-refractivity contribution in [1.29, 1.82) is 0 Å². The topological polar surface area (TPSA) is 85.8 Å². The molecular weight excluding hydrogens is 402 g/mol. The predicted molar refractivity (Wildman–Crippen MR) is 127 cm³/mol. The van der Waals surface area contributed by atoms with Crippen molar-refractivity contribution < 1.29 is 9.59 Å². The first-order chi connectivity index (χ1) is 15.6. The molecule has 1 atom stereocenters. The highest BCUT2D eigenvalue weighted by atomic mass is 16.2. The number of carbonyl (C=O) groups is 2. The summed E-state index contributed by atoms with van der Waals surface area (Å²) >= 11 is 0. The molecule has 2 aliphatic carbocycles. The summed E-state index contributed by atoms with van der Waals surface area (Å²) in [4.78, 5) is 31.5. The van der Waals surface area contributed by atoms with Gasteiger partial charge in [-0.1, -0.05) is 37.8 Å². The van der Waals surface area contributed by atoms with Crippen molar-refractivity contribution in [3.63, 3.8) is 0 Å². The quantitative estimate of drug-likeness (QED) is 0.469. The number of rotatable bonds is 6. The van der Waals surface area contributed by atoms with Gasteiger partial charge in [0.25, 0.3) is 0 Å². The molecule has 0 spiro atoms. The number of aliphatic imine (C=N–C) groups is 1. The molecule has 32 heavy (non-hydrogen) atoms. The average Bonchev–Trinajstić information content (AvgIpc) is 3.58. The maximum atomic E-state index is 12.7. The van der Waals surface area contributed by atoms with E-state index in [-0.39, 0.29) is 23.8 Å². The van der Waals surface area contributed by atoms with Crippen LogP contribution in [0.5, 0.6) is 0 Å². The number of nitrogens with one attached hydrogen (secondary N) is 3. The molecule has 1 aliphatic heterocycles. The van der Waals surface area contributed by atoms with Crippen molar-refractivity contribution in [2.45, 2.75) is 70.4 Å². The molecule has 7 heteroatoms. The number of guanidine groups is 1. The summed E-state index contributed by atoms with van der Waals surface area (Å²) in [5.74, 6) is 1.62. The molecule has 1 aromatic carbocycles. The van der Waals surface area contributed by atoms with Crippen LogP contribution in [-0.4, -0.2) is 48.9 Å². The summed E-state index contributed by atoms with van der Waals surface area (Å²) in [5.41, 5.74) is 1.93. The fourth-order valence-corrected chi connectivity index (χ4v) is 5.27. The Hall–Kier alpha value is -2.57. The number of hydrogen-bond acceptors (Lipinski definition) is 3. The molecule has 3 N–H and O–H groups in total. The number of nitrogens with zero attached hydrogens (tertiary/aromatic N) is 2. The van der Waals surface area contributed by atoms with E-state index in [9.17, 15) is 9.59 Å². The Bertz CT molecular complexity index is 827. The molecule has 0 bridgehead atoms. The number of likely N-dealkylation sites (tertiary alicyclic amines) is 1. The van der Waals surface area contributed by atoms with Gasteiger partial charge in [-0.2, -0.15) is 0 Å². The molecule has 2 saturated carbocycles. The van der Waals surface area contributed by atoms with Crippen LogP contribution in [0.2, 0.25) is 0 Å². The third-order valence-electron chi connectivity index (χ3n) is 7.15. The predicted octanol–water partition coefficient (Wildman–Crippen LogP) is 3.27. The fraction of sp³-hybridized carbons (Fsp3) is 0.640. The normalized spacial score (nSPS) is 22.3. The Balaban J connectivity index is 1.24. The monoisotopic (exact) mass is 439 g/mol. The lowest BCUT2D eigenvalue weighted by Gasteiger charge is -2.21. The molecule has 7 nitrogen and oxygen atoms in total. The van der Waals surface area contributed by atoms with Crippen LogP contribution in [0.15, 0.2) is 29.3 Å². The summed E-state index contributed by atoms with van der Waals surface area (Å²) in [5, 5.41) is 9.91. The van der Waals surface area contributed by atoms with Gasteiger partial charge in [-0.15, -0.1) is 0 Å². The zero-order valence-corrected chi connectivity index (χ0v) is 19.2. The van der Waals surface area contributed by atoms with E-state index in [2.05, 4.69) is 20.9 Å². The first kappa shape index (κ1) is 22.6. The number of anilines is 1. The highest BCUT2D eigenvalue weighted by Gasteiger charge is 2.32. The first-order valence-electron chi connectivity index (χ1n) is 12.3. The van der Waals surface area contributed by atoms with Crippen LogP contribution >= 0.6 is 0 Å². The van der Waals surface area contributed by atoms with E-state index in [1.165, 1.54) is 12.8 Å². The molecule has 3 fully saturated rings. The van der Waals surface area contributed by atoms with Gasteiger partial charge >= 0.3 is 0 Å². The molecule has 0 radical (unpaired) electrons. The maximum Gasteiger partial charge on any atom is 0.227 e. The minimum absolute atomic E-state index is 0.142. The van der Waals surface area contributed by atoms with E-state index in [1.54, 1.807) is 7.05 Å². The van der Waals surface area contributed by atoms with Crippen LogP contribution < -0.4 is 16.0 Å². The first-order valence-corrected chi connectivity index (χ1v) is 12.3. The Kier molecular flexibility index (Phi) is 7.66. The summed E-state index contributed by atoms with van der Waals surface area (Å²) in [6.45, 7) is 2.19. The van der Waals surface area contributed by atoms with Gasteiger partial charge in [0.2, 0.25) is 11.8 Å². The smallest absolute Gasteiger partial charge is 0.227 e. The number of carbonyl (C=O) groups excluding carboxylic acids is 2. The summed E-state index contributed by atoms with van der Waals surface area (Å²) in [7, 11) is 1.77. The van der Waals surface area contributed by atoms with E-state index >= 15 is 0 Å². The van der Waals surface area contributed by atoms with Crippen LogP contribution in [0.1, 0.15) is 63.4 Å². The van der Waals surface area contributed by atoms with Crippen LogP contribution in [0.25, 0.3) is 0 Å². The van der Waals surface area contributed by atoms with Gasteiger partial charge in [-0.05, 0) is 49.8 Å². The third kappa shape index (κ3) is 5.81. The van der Waals surface area contributed by atoms with E-state index in [0.29, 0.717) is 12.5 Å². The van der Waals surface area contributed by atoms with Crippen LogP contribution in [0, 0.1) is 11.8 Å². The number of benzene rings is 1. The Labute approximate surface area is 191 Å². The maximum absolute atomic E-state index is 12.7. The lowest BCUT2D eigenvalue weighted by atomic mass is 10.1. The molecule has 1 heterocycles. The summed E-state index contributed by atoms with van der Waals surface area (Å²) < 4.78 is 0. The Morgan fingerprint density at radius 1 is 1.03 bits per heavy atom.